The fourth-order valence-electron chi connectivity index (χ4n) is 3.01. The summed E-state index contributed by atoms with van der Waals surface area (Å²) >= 11 is 0. The van der Waals surface area contributed by atoms with Gasteiger partial charge in [-0.1, -0.05) is 27.2 Å². The number of hydrogen-bond acceptors (Lipinski definition) is 3. The van der Waals surface area contributed by atoms with Gasteiger partial charge in [-0.05, 0) is 49.1 Å². The highest BCUT2D eigenvalue weighted by atomic mass is 16.5. The first-order valence-electron chi connectivity index (χ1n) is 8.59. The summed E-state index contributed by atoms with van der Waals surface area (Å²) < 4.78 is 5.23. The van der Waals surface area contributed by atoms with E-state index in [2.05, 4.69) is 42.7 Å². The zero-order valence-corrected chi connectivity index (χ0v) is 14.8. The van der Waals surface area contributed by atoms with Crippen LogP contribution in [0.25, 0.3) is 0 Å². The molecule has 0 bridgehead atoms. The minimum Gasteiger partial charge on any atom is -0.497 e. The molecular formula is C19H32N2O. The van der Waals surface area contributed by atoms with Crippen LogP contribution in [-0.2, 0) is 0 Å². The van der Waals surface area contributed by atoms with Crippen LogP contribution in [-0.4, -0.2) is 44.7 Å². The van der Waals surface area contributed by atoms with Gasteiger partial charge in [-0.25, -0.2) is 0 Å². The standard InChI is InChI=1S/C19H32N2O/c1-19(2,3)11-5-6-12-20-13-15-21(16-14-20)17-7-9-18(22-4)10-8-17/h7-10H,5-6,11-16H2,1-4H3. The van der Waals surface area contributed by atoms with E-state index in [1.165, 1.54) is 44.6 Å². The molecule has 1 aliphatic rings. The Hall–Kier alpha value is -1.22. The second-order valence-corrected chi connectivity index (χ2v) is 7.54. The van der Waals surface area contributed by atoms with Crippen LogP contribution in [0.4, 0.5) is 5.69 Å². The van der Waals surface area contributed by atoms with E-state index in [0.717, 1.165) is 18.8 Å². The summed E-state index contributed by atoms with van der Waals surface area (Å²) in [6, 6.07) is 8.43. The molecule has 0 atom stereocenters. The minimum atomic E-state index is 0.479. The van der Waals surface area contributed by atoms with Crippen molar-refractivity contribution in [3.8, 4) is 5.75 Å². The lowest BCUT2D eigenvalue weighted by molar-refractivity contribution is 0.245. The number of benzene rings is 1. The molecule has 1 aromatic carbocycles. The number of methoxy groups -OCH3 is 1. The summed E-state index contributed by atoms with van der Waals surface area (Å²) in [5.41, 5.74) is 1.79. The number of ether oxygens (including phenoxy) is 1. The van der Waals surface area contributed by atoms with E-state index < -0.39 is 0 Å². The monoisotopic (exact) mass is 304 g/mol. The van der Waals surface area contributed by atoms with E-state index in [1.807, 2.05) is 12.1 Å². The lowest BCUT2D eigenvalue weighted by atomic mass is 9.90. The SMILES string of the molecule is COc1ccc(N2CCN(CCCCC(C)(C)C)CC2)cc1. The van der Waals surface area contributed by atoms with Crippen LogP contribution in [0.2, 0.25) is 0 Å². The Kier molecular flexibility index (Phi) is 6.13. The second kappa shape index (κ2) is 7.87. The summed E-state index contributed by atoms with van der Waals surface area (Å²) in [6.45, 7) is 12.9. The summed E-state index contributed by atoms with van der Waals surface area (Å²) in [5.74, 6) is 0.932. The highest BCUT2D eigenvalue weighted by molar-refractivity contribution is 5.49. The molecule has 0 saturated carbocycles. The van der Waals surface area contributed by atoms with Crippen LogP contribution in [0.15, 0.2) is 24.3 Å². The fourth-order valence-corrected chi connectivity index (χ4v) is 3.01. The zero-order valence-electron chi connectivity index (χ0n) is 14.8. The summed E-state index contributed by atoms with van der Waals surface area (Å²) in [5, 5.41) is 0. The number of nitrogens with zero attached hydrogens (tertiary/aromatic N) is 2. The Balaban J connectivity index is 1.69. The van der Waals surface area contributed by atoms with Gasteiger partial charge in [-0.3, -0.25) is 4.90 Å². The fraction of sp³-hybridized carbons (Fsp3) is 0.684. The van der Waals surface area contributed by atoms with Gasteiger partial charge < -0.3 is 9.64 Å². The van der Waals surface area contributed by atoms with Crippen LogP contribution in [0.1, 0.15) is 40.0 Å². The first-order valence-corrected chi connectivity index (χ1v) is 8.59. The molecule has 3 heteroatoms. The first-order chi connectivity index (χ1) is 10.5. The molecule has 0 unspecified atom stereocenters. The smallest absolute Gasteiger partial charge is 0.119 e. The minimum absolute atomic E-state index is 0.479. The van der Waals surface area contributed by atoms with Crippen molar-refractivity contribution in [2.45, 2.75) is 40.0 Å². The predicted octanol–water partition coefficient (Wildman–Crippen LogP) is 4.03. The van der Waals surface area contributed by atoms with Crippen LogP contribution >= 0.6 is 0 Å². The highest BCUT2D eigenvalue weighted by Crippen LogP contribution is 2.22. The maximum Gasteiger partial charge on any atom is 0.119 e. The third-order valence-corrected chi connectivity index (χ3v) is 4.46. The van der Waals surface area contributed by atoms with Gasteiger partial charge in [0.25, 0.3) is 0 Å². The van der Waals surface area contributed by atoms with Crippen molar-refractivity contribution in [3.63, 3.8) is 0 Å². The van der Waals surface area contributed by atoms with Gasteiger partial charge in [0, 0.05) is 31.9 Å². The average Bonchev–Trinajstić information content (AvgIpc) is 2.51. The number of anilines is 1. The van der Waals surface area contributed by atoms with Crippen molar-refractivity contribution >= 4 is 5.69 Å². The van der Waals surface area contributed by atoms with Gasteiger partial charge >= 0.3 is 0 Å². The number of piperazine rings is 1. The third-order valence-electron chi connectivity index (χ3n) is 4.46. The number of rotatable bonds is 6. The lowest BCUT2D eigenvalue weighted by Crippen LogP contribution is -2.46. The first kappa shape index (κ1) is 17.1. The Bertz CT molecular complexity index is 428. The summed E-state index contributed by atoms with van der Waals surface area (Å²) in [7, 11) is 1.72. The summed E-state index contributed by atoms with van der Waals surface area (Å²) in [6.07, 6.45) is 4.01. The van der Waals surface area contributed by atoms with Crippen LogP contribution in [0, 0.1) is 5.41 Å². The van der Waals surface area contributed by atoms with E-state index in [9.17, 15) is 0 Å². The van der Waals surface area contributed by atoms with Gasteiger partial charge in [0.1, 0.15) is 5.75 Å². The molecule has 1 aromatic rings. The van der Waals surface area contributed by atoms with E-state index >= 15 is 0 Å². The number of unbranched alkanes of at least 4 members (excludes halogenated alkanes) is 1. The normalized spacial score (nSPS) is 16.8. The maximum absolute atomic E-state index is 5.23. The van der Waals surface area contributed by atoms with Crippen molar-refractivity contribution in [2.24, 2.45) is 5.41 Å². The molecule has 124 valence electrons. The molecule has 0 aliphatic carbocycles. The molecule has 0 aromatic heterocycles. The van der Waals surface area contributed by atoms with Crippen LogP contribution in [0.3, 0.4) is 0 Å². The molecule has 1 fully saturated rings. The van der Waals surface area contributed by atoms with E-state index in [0.29, 0.717) is 5.41 Å². The van der Waals surface area contributed by atoms with E-state index in [4.69, 9.17) is 4.74 Å². The van der Waals surface area contributed by atoms with Gasteiger partial charge in [-0.2, -0.15) is 0 Å². The van der Waals surface area contributed by atoms with Crippen LogP contribution in [0.5, 0.6) is 5.75 Å². The zero-order chi connectivity index (χ0) is 16.0. The Labute approximate surface area is 136 Å². The Morgan fingerprint density at radius 3 is 2.14 bits per heavy atom. The van der Waals surface area contributed by atoms with Gasteiger partial charge in [0.05, 0.1) is 7.11 Å². The van der Waals surface area contributed by atoms with E-state index in [-0.39, 0.29) is 0 Å². The molecule has 0 N–H and O–H groups in total. The maximum atomic E-state index is 5.23. The highest BCUT2D eigenvalue weighted by Gasteiger charge is 2.17. The van der Waals surface area contributed by atoms with Crippen molar-refractivity contribution in [3.05, 3.63) is 24.3 Å². The Morgan fingerprint density at radius 1 is 0.955 bits per heavy atom. The van der Waals surface area contributed by atoms with E-state index in [1.54, 1.807) is 7.11 Å². The molecule has 1 aliphatic heterocycles. The topological polar surface area (TPSA) is 15.7 Å². The molecule has 0 radical (unpaired) electrons. The van der Waals surface area contributed by atoms with Gasteiger partial charge in [-0.15, -0.1) is 0 Å². The Morgan fingerprint density at radius 2 is 1.59 bits per heavy atom. The molecule has 0 amide bonds. The molecule has 22 heavy (non-hydrogen) atoms. The van der Waals surface area contributed by atoms with Crippen LogP contribution < -0.4 is 9.64 Å². The second-order valence-electron chi connectivity index (χ2n) is 7.54. The lowest BCUT2D eigenvalue weighted by Gasteiger charge is -2.36. The van der Waals surface area contributed by atoms with Crippen molar-refractivity contribution in [1.82, 2.24) is 4.90 Å². The van der Waals surface area contributed by atoms with Crippen molar-refractivity contribution in [2.75, 3.05) is 44.7 Å². The number of hydrogen-bond donors (Lipinski definition) is 0. The predicted molar refractivity (Wildman–Crippen MR) is 95.0 cm³/mol. The molecular weight excluding hydrogens is 272 g/mol. The quantitative estimate of drug-likeness (QED) is 0.738. The average molecular weight is 304 g/mol. The van der Waals surface area contributed by atoms with Crippen molar-refractivity contribution in [1.29, 1.82) is 0 Å². The van der Waals surface area contributed by atoms with Crippen molar-refractivity contribution < 1.29 is 4.74 Å². The van der Waals surface area contributed by atoms with Gasteiger partial charge in [0.15, 0.2) is 0 Å². The summed E-state index contributed by atoms with van der Waals surface area (Å²) in [4.78, 5) is 5.09. The molecule has 1 saturated heterocycles. The third kappa shape index (κ3) is 5.53. The molecule has 0 spiro atoms. The van der Waals surface area contributed by atoms with Gasteiger partial charge in [0.2, 0.25) is 0 Å². The molecule has 3 nitrogen and oxygen atoms in total. The molecule has 2 rings (SSSR count). The molecule has 1 heterocycles. The largest absolute Gasteiger partial charge is 0.497 e.